The molecule has 0 aromatic rings. The van der Waals surface area contributed by atoms with E-state index in [-0.39, 0.29) is 12.1 Å². The second-order valence-electron chi connectivity index (χ2n) is 6.76. The summed E-state index contributed by atoms with van der Waals surface area (Å²) in [5, 5.41) is 3.20. The van der Waals surface area contributed by atoms with E-state index >= 15 is 0 Å². The minimum Gasteiger partial charge on any atom is -0.465 e. The molecular weight excluding hydrogens is 254 g/mol. The van der Waals surface area contributed by atoms with Crippen molar-refractivity contribution in [2.75, 3.05) is 19.8 Å². The second-order valence-corrected chi connectivity index (χ2v) is 6.76. The summed E-state index contributed by atoms with van der Waals surface area (Å²) in [4.78, 5) is 12.1. The number of carbonyl (C=O) groups is 1. The van der Waals surface area contributed by atoms with Gasteiger partial charge in [0.2, 0.25) is 0 Å². The molecule has 0 saturated heterocycles. The molecule has 1 rings (SSSR count). The molecule has 1 aliphatic carbocycles. The third-order valence-corrected chi connectivity index (χ3v) is 4.19. The Balaban J connectivity index is 2.49. The van der Waals surface area contributed by atoms with Crippen molar-refractivity contribution in [3.8, 4) is 0 Å². The van der Waals surface area contributed by atoms with Gasteiger partial charge in [-0.3, -0.25) is 0 Å². The van der Waals surface area contributed by atoms with Crippen molar-refractivity contribution in [2.45, 2.75) is 71.9 Å². The van der Waals surface area contributed by atoms with E-state index in [2.05, 4.69) is 19.2 Å². The minimum absolute atomic E-state index is 0.224. The fraction of sp³-hybridized carbons (Fsp3) is 0.938. The van der Waals surface area contributed by atoms with Crippen LogP contribution in [0.15, 0.2) is 0 Å². The molecular formula is C16H31NO3. The van der Waals surface area contributed by atoms with Gasteiger partial charge in [-0.25, -0.2) is 4.79 Å². The number of hydrogen-bond donors (Lipinski definition) is 1. The van der Waals surface area contributed by atoms with Gasteiger partial charge in [0.15, 0.2) is 0 Å². The van der Waals surface area contributed by atoms with Crippen molar-refractivity contribution in [2.24, 2.45) is 5.41 Å². The topological polar surface area (TPSA) is 47.6 Å². The van der Waals surface area contributed by atoms with Crippen LogP contribution in [0.5, 0.6) is 0 Å². The van der Waals surface area contributed by atoms with Gasteiger partial charge in [0.1, 0.15) is 5.54 Å². The zero-order valence-electron chi connectivity index (χ0n) is 13.8. The number of rotatable bonds is 7. The van der Waals surface area contributed by atoms with E-state index in [1.165, 1.54) is 12.8 Å². The second kappa shape index (κ2) is 7.41. The molecule has 1 atom stereocenters. The van der Waals surface area contributed by atoms with Crippen LogP contribution < -0.4 is 5.32 Å². The van der Waals surface area contributed by atoms with Crippen molar-refractivity contribution < 1.29 is 14.3 Å². The summed E-state index contributed by atoms with van der Waals surface area (Å²) in [7, 11) is 0. The summed E-state index contributed by atoms with van der Waals surface area (Å²) < 4.78 is 11.1. The van der Waals surface area contributed by atoms with Crippen molar-refractivity contribution in [3.63, 3.8) is 0 Å². The smallest absolute Gasteiger partial charge is 0.328 e. The van der Waals surface area contributed by atoms with Gasteiger partial charge in [0.05, 0.1) is 19.3 Å². The van der Waals surface area contributed by atoms with Crippen LogP contribution in [0.2, 0.25) is 0 Å². The van der Waals surface area contributed by atoms with Gasteiger partial charge in [0, 0.05) is 0 Å². The molecule has 1 N–H and O–H groups in total. The molecule has 4 nitrogen and oxygen atoms in total. The maximum Gasteiger partial charge on any atom is 0.328 e. The highest BCUT2D eigenvalue weighted by molar-refractivity contribution is 5.80. The van der Waals surface area contributed by atoms with E-state index in [0.29, 0.717) is 18.6 Å². The third-order valence-electron chi connectivity index (χ3n) is 4.19. The number of nitrogens with one attached hydrogen (secondary N) is 1. The van der Waals surface area contributed by atoms with Crippen LogP contribution in [0.3, 0.4) is 0 Å². The van der Waals surface area contributed by atoms with Gasteiger partial charge in [-0.2, -0.15) is 0 Å². The Morgan fingerprint density at radius 2 is 1.90 bits per heavy atom. The first kappa shape index (κ1) is 17.4. The largest absolute Gasteiger partial charge is 0.465 e. The number of esters is 1. The maximum absolute atomic E-state index is 12.1. The molecule has 1 fully saturated rings. The fourth-order valence-electron chi connectivity index (χ4n) is 2.69. The molecule has 0 heterocycles. The monoisotopic (exact) mass is 285 g/mol. The minimum atomic E-state index is -0.738. The highest BCUT2D eigenvalue weighted by Gasteiger charge is 2.36. The first-order valence-corrected chi connectivity index (χ1v) is 7.87. The van der Waals surface area contributed by atoms with E-state index in [9.17, 15) is 4.79 Å². The lowest BCUT2D eigenvalue weighted by Crippen LogP contribution is -2.54. The molecule has 20 heavy (non-hydrogen) atoms. The van der Waals surface area contributed by atoms with Crippen LogP contribution in [-0.2, 0) is 14.3 Å². The van der Waals surface area contributed by atoms with Crippen LogP contribution in [-0.4, -0.2) is 37.4 Å². The third kappa shape index (κ3) is 5.06. The molecule has 0 aliphatic heterocycles. The Morgan fingerprint density at radius 1 is 1.30 bits per heavy atom. The predicted octanol–water partition coefficient (Wildman–Crippen LogP) is 2.90. The van der Waals surface area contributed by atoms with Crippen LogP contribution in [0, 0.1) is 5.41 Å². The van der Waals surface area contributed by atoms with Gasteiger partial charge in [-0.1, -0.05) is 20.8 Å². The summed E-state index contributed by atoms with van der Waals surface area (Å²) >= 11 is 0. The number of likely N-dealkylation sites (N-methyl/N-ethyl adjacent to an activating group) is 1. The van der Waals surface area contributed by atoms with Gasteiger partial charge >= 0.3 is 5.97 Å². The van der Waals surface area contributed by atoms with Gasteiger partial charge in [-0.15, -0.1) is 0 Å². The van der Waals surface area contributed by atoms with Crippen molar-refractivity contribution in [3.05, 3.63) is 0 Å². The molecule has 1 saturated carbocycles. The maximum atomic E-state index is 12.1. The Morgan fingerprint density at radius 3 is 2.40 bits per heavy atom. The lowest BCUT2D eigenvalue weighted by molar-refractivity contribution is -0.154. The van der Waals surface area contributed by atoms with Crippen LogP contribution in [0.1, 0.15) is 60.3 Å². The molecule has 0 aromatic carbocycles. The molecule has 1 unspecified atom stereocenters. The van der Waals surface area contributed by atoms with Crippen LogP contribution >= 0.6 is 0 Å². The molecule has 118 valence electrons. The van der Waals surface area contributed by atoms with Crippen LogP contribution in [0.25, 0.3) is 0 Å². The summed E-state index contributed by atoms with van der Waals surface area (Å²) in [6.45, 7) is 11.8. The average Bonchev–Trinajstić information content (AvgIpc) is 2.38. The highest BCUT2D eigenvalue weighted by atomic mass is 16.5. The molecule has 4 heteroatoms. The van der Waals surface area contributed by atoms with Crippen molar-refractivity contribution >= 4 is 5.97 Å². The van der Waals surface area contributed by atoms with Gasteiger partial charge in [-0.05, 0) is 51.5 Å². The molecule has 0 amide bonds. The Kier molecular flexibility index (Phi) is 6.46. The highest BCUT2D eigenvalue weighted by Crippen LogP contribution is 2.36. The fourth-order valence-corrected chi connectivity index (χ4v) is 2.69. The molecule has 0 radical (unpaired) electrons. The zero-order chi connectivity index (χ0) is 15.2. The number of carbonyl (C=O) groups excluding carboxylic acids is 1. The SMILES string of the molecule is CCNC(C)(COC1CCC(C)(C)CC1)C(=O)OCC. The van der Waals surface area contributed by atoms with E-state index in [1.807, 2.05) is 20.8 Å². The molecule has 0 aromatic heterocycles. The summed E-state index contributed by atoms with van der Waals surface area (Å²) in [6, 6.07) is 0. The van der Waals surface area contributed by atoms with Crippen molar-refractivity contribution in [1.29, 1.82) is 0 Å². The van der Waals surface area contributed by atoms with E-state index in [1.54, 1.807) is 0 Å². The normalized spacial score (nSPS) is 22.2. The number of ether oxygens (including phenoxy) is 2. The summed E-state index contributed by atoms with van der Waals surface area (Å²) in [5.74, 6) is -0.224. The van der Waals surface area contributed by atoms with Crippen LogP contribution in [0.4, 0.5) is 0 Å². The van der Waals surface area contributed by atoms with E-state index in [0.717, 1.165) is 19.4 Å². The Hall–Kier alpha value is -0.610. The molecule has 1 aliphatic rings. The number of hydrogen-bond acceptors (Lipinski definition) is 4. The first-order valence-electron chi connectivity index (χ1n) is 7.87. The quantitative estimate of drug-likeness (QED) is 0.731. The standard InChI is InChI=1S/C16H31NO3/c1-6-17-16(5,14(18)19-7-2)12-20-13-8-10-15(3,4)11-9-13/h13,17H,6-12H2,1-5H3. The lowest BCUT2D eigenvalue weighted by Gasteiger charge is -2.36. The van der Waals surface area contributed by atoms with Crippen molar-refractivity contribution in [1.82, 2.24) is 5.32 Å². The Bertz CT molecular complexity index is 307. The van der Waals surface area contributed by atoms with Gasteiger partial charge in [0.25, 0.3) is 0 Å². The lowest BCUT2D eigenvalue weighted by atomic mass is 9.76. The molecule has 0 bridgehead atoms. The molecule has 0 spiro atoms. The predicted molar refractivity (Wildman–Crippen MR) is 80.7 cm³/mol. The Labute approximate surface area is 123 Å². The average molecular weight is 285 g/mol. The zero-order valence-corrected chi connectivity index (χ0v) is 13.8. The first-order chi connectivity index (χ1) is 9.33. The van der Waals surface area contributed by atoms with E-state index in [4.69, 9.17) is 9.47 Å². The van der Waals surface area contributed by atoms with Gasteiger partial charge < -0.3 is 14.8 Å². The van der Waals surface area contributed by atoms with E-state index < -0.39 is 5.54 Å². The summed E-state index contributed by atoms with van der Waals surface area (Å²) in [6.07, 6.45) is 4.82. The summed E-state index contributed by atoms with van der Waals surface area (Å²) in [5.41, 5.74) is -0.302.